The van der Waals surface area contributed by atoms with Gasteiger partial charge in [-0.2, -0.15) is 13.2 Å². The molecule has 2 N–H and O–H groups in total. The van der Waals surface area contributed by atoms with E-state index in [1.165, 1.54) is 17.5 Å². The molecule has 0 amide bonds. The van der Waals surface area contributed by atoms with E-state index >= 15 is 0 Å². The zero-order valence-corrected chi connectivity index (χ0v) is 11.4. The van der Waals surface area contributed by atoms with E-state index in [0.717, 1.165) is 18.4 Å². The van der Waals surface area contributed by atoms with Crippen molar-refractivity contribution in [3.63, 3.8) is 0 Å². The maximum atomic E-state index is 12.2. The normalized spacial score (nSPS) is 13.8. The Balaban J connectivity index is 2.55. The SMILES string of the molecule is CCCc1ccc(C(N)CN(C)CC(F)(F)F)cc1. The largest absolute Gasteiger partial charge is 0.401 e. The van der Waals surface area contributed by atoms with Crippen LogP contribution >= 0.6 is 0 Å². The molecule has 1 aromatic carbocycles. The van der Waals surface area contributed by atoms with E-state index in [9.17, 15) is 13.2 Å². The van der Waals surface area contributed by atoms with E-state index < -0.39 is 18.8 Å². The number of halogens is 3. The van der Waals surface area contributed by atoms with E-state index in [4.69, 9.17) is 5.73 Å². The number of nitrogens with two attached hydrogens (primary N) is 1. The third kappa shape index (κ3) is 6.07. The van der Waals surface area contributed by atoms with Gasteiger partial charge in [-0.3, -0.25) is 4.90 Å². The summed E-state index contributed by atoms with van der Waals surface area (Å²) in [5.41, 5.74) is 8.02. The molecule has 0 aliphatic rings. The van der Waals surface area contributed by atoms with Crippen molar-refractivity contribution in [2.75, 3.05) is 20.1 Å². The number of hydrogen-bond acceptors (Lipinski definition) is 2. The molecule has 0 aliphatic carbocycles. The van der Waals surface area contributed by atoms with Gasteiger partial charge in [0.1, 0.15) is 0 Å². The highest BCUT2D eigenvalue weighted by atomic mass is 19.4. The second-order valence-electron chi connectivity index (χ2n) is 4.91. The van der Waals surface area contributed by atoms with Crippen molar-refractivity contribution < 1.29 is 13.2 Å². The fourth-order valence-corrected chi connectivity index (χ4v) is 2.03. The molecule has 5 heteroatoms. The lowest BCUT2D eigenvalue weighted by molar-refractivity contribution is -0.143. The van der Waals surface area contributed by atoms with Crippen LogP contribution in [0.5, 0.6) is 0 Å². The van der Waals surface area contributed by atoms with Crippen molar-refractivity contribution in [3.05, 3.63) is 35.4 Å². The summed E-state index contributed by atoms with van der Waals surface area (Å²) >= 11 is 0. The van der Waals surface area contributed by atoms with Gasteiger partial charge in [0.05, 0.1) is 6.54 Å². The van der Waals surface area contributed by atoms with Crippen LogP contribution in [0, 0.1) is 0 Å². The summed E-state index contributed by atoms with van der Waals surface area (Å²) in [4.78, 5) is 1.20. The highest BCUT2D eigenvalue weighted by molar-refractivity contribution is 5.25. The van der Waals surface area contributed by atoms with Crippen LogP contribution in [-0.4, -0.2) is 31.2 Å². The van der Waals surface area contributed by atoms with Gasteiger partial charge in [0, 0.05) is 12.6 Å². The van der Waals surface area contributed by atoms with Gasteiger partial charge in [-0.25, -0.2) is 0 Å². The second-order valence-corrected chi connectivity index (χ2v) is 4.91. The van der Waals surface area contributed by atoms with E-state index in [0.29, 0.717) is 0 Å². The van der Waals surface area contributed by atoms with E-state index in [1.54, 1.807) is 0 Å². The standard InChI is InChI=1S/C14H21F3N2/c1-3-4-11-5-7-12(8-6-11)13(18)9-19(2)10-14(15,16)17/h5-8,13H,3-4,9-10,18H2,1-2H3. The van der Waals surface area contributed by atoms with Gasteiger partial charge in [-0.15, -0.1) is 0 Å². The molecule has 1 aromatic rings. The molecule has 2 nitrogen and oxygen atoms in total. The summed E-state index contributed by atoms with van der Waals surface area (Å²) in [7, 11) is 1.43. The maximum absolute atomic E-state index is 12.2. The van der Waals surface area contributed by atoms with Gasteiger partial charge in [0.2, 0.25) is 0 Å². The number of benzene rings is 1. The fraction of sp³-hybridized carbons (Fsp3) is 0.571. The molecule has 0 bridgehead atoms. The molecule has 1 rings (SSSR count). The molecule has 0 aromatic heterocycles. The molecule has 108 valence electrons. The van der Waals surface area contributed by atoms with Crippen molar-refractivity contribution >= 4 is 0 Å². The molecule has 0 fully saturated rings. The molecule has 0 spiro atoms. The van der Waals surface area contributed by atoms with E-state index in [2.05, 4.69) is 6.92 Å². The first-order valence-corrected chi connectivity index (χ1v) is 6.41. The number of likely N-dealkylation sites (N-methyl/N-ethyl adjacent to an activating group) is 1. The van der Waals surface area contributed by atoms with Gasteiger partial charge < -0.3 is 5.73 Å². The van der Waals surface area contributed by atoms with E-state index in [-0.39, 0.29) is 6.54 Å². The number of alkyl halides is 3. The Bertz CT molecular complexity index is 373. The minimum Gasteiger partial charge on any atom is -0.323 e. The summed E-state index contributed by atoms with van der Waals surface area (Å²) in [6.45, 7) is 1.35. The highest BCUT2D eigenvalue weighted by Gasteiger charge is 2.29. The van der Waals surface area contributed by atoms with Crippen molar-refractivity contribution in [2.24, 2.45) is 5.73 Å². The Labute approximate surface area is 112 Å². The van der Waals surface area contributed by atoms with Crippen LogP contribution in [-0.2, 0) is 6.42 Å². The zero-order chi connectivity index (χ0) is 14.5. The van der Waals surface area contributed by atoms with E-state index in [1.807, 2.05) is 24.3 Å². The maximum Gasteiger partial charge on any atom is 0.401 e. The Morgan fingerprint density at radius 1 is 1.21 bits per heavy atom. The highest BCUT2D eigenvalue weighted by Crippen LogP contribution is 2.18. The predicted octanol–water partition coefficient (Wildman–Crippen LogP) is 3.13. The molecule has 0 aliphatic heterocycles. The molecule has 0 radical (unpaired) electrons. The molecular weight excluding hydrogens is 253 g/mol. The average molecular weight is 274 g/mol. The molecule has 0 saturated carbocycles. The zero-order valence-electron chi connectivity index (χ0n) is 11.4. The fourth-order valence-electron chi connectivity index (χ4n) is 2.03. The third-order valence-corrected chi connectivity index (χ3v) is 2.90. The molecule has 19 heavy (non-hydrogen) atoms. The smallest absolute Gasteiger partial charge is 0.323 e. The number of nitrogens with zero attached hydrogens (tertiary/aromatic N) is 1. The van der Waals surface area contributed by atoms with Gasteiger partial charge in [0.25, 0.3) is 0 Å². The molecule has 1 unspecified atom stereocenters. The molecule has 0 saturated heterocycles. The summed E-state index contributed by atoms with van der Waals surface area (Å²) < 4.78 is 36.6. The lowest BCUT2D eigenvalue weighted by Gasteiger charge is -2.22. The van der Waals surface area contributed by atoms with Crippen molar-refractivity contribution in [3.8, 4) is 0 Å². The third-order valence-electron chi connectivity index (χ3n) is 2.90. The Hall–Kier alpha value is -1.07. The van der Waals surface area contributed by atoms with Crippen LogP contribution in [0.4, 0.5) is 13.2 Å². The summed E-state index contributed by atoms with van der Waals surface area (Å²) in [6, 6.07) is 7.38. The number of rotatable bonds is 6. The van der Waals surface area contributed by atoms with Gasteiger partial charge in [-0.05, 0) is 24.6 Å². The first kappa shape index (κ1) is 16.0. The minimum absolute atomic E-state index is 0.187. The average Bonchev–Trinajstić information content (AvgIpc) is 2.27. The molecule has 1 atom stereocenters. The second kappa shape index (κ2) is 6.91. The quantitative estimate of drug-likeness (QED) is 0.863. The first-order valence-electron chi connectivity index (χ1n) is 6.41. The van der Waals surface area contributed by atoms with Crippen LogP contribution in [0.2, 0.25) is 0 Å². The monoisotopic (exact) mass is 274 g/mol. The van der Waals surface area contributed by atoms with Crippen LogP contribution in [0.25, 0.3) is 0 Å². The van der Waals surface area contributed by atoms with Crippen molar-refractivity contribution in [1.82, 2.24) is 4.90 Å². The predicted molar refractivity (Wildman–Crippen MR) is 70.9 cm³/mol. The summed E-state index contributed by atoms with van der Waals surface area (Å²) in [5.74, 6) is 0. The number of hydrogen-bond donors (Lipinski definition) is 1. The Kier molecular flexibility index (Phi) is 5.82. The first-order chi connectivity index (χ1) is 8.81. The summed E-state index contributed by atoms with van der Waals surface area (Å²) in [6.07, 6.45) is -2.11. The van der Waals surface area contributed by atoms with Gasteiger partial charge in [-0.1, -0.05) is 37.6 Å². The van der Waals surface area contributed by atoms with Crippen LogP contribution in [0.1, 0.15) is 30.5 Å². The molecule has 0 heterocycles. The topological polar surface area (TPSA) is 29.3 Å². The molecular formula is C14H21F3N2. The van der Waals surface area contributed by atoms with Crippen LogP contribution < -0.4 is 5.73 Å². The van der Waals surface area contributed by atoms with Gasteiger partial charge >= 0.3 is 6.18 Å². The van der Waals surface area contributed by atoms with Crippen LogP contribution in [0.15, 0.2) is 24.3 Å². The summed E-state index contributed by atoms with van der Waals surface area (Å²) in [5, 5.41) is 0. The minimum atomic E-state index is -4.18. The Morgan fingerprint density at radius 2 is 1.79 bits per heavy atom. The van der Waals surface area contributed by atoms with Crippen molar-refractivity contribution in [2.45, 2.75) is 32.0 Å². The van der Waals surface area contributed by atoms with Crippen LogP contribution in [0.3, 0.4) is 0 Å². The van der Waals surface area contributed by atoms with Gasteiger partial charge in [0.15, 0.2) is 0 Å². The lowest BCUT2D eigenvalue weighted by atomic mass is 10.0. The number of aryl methyl sites for hydroxylation is 1. The lowest BCUT2D eigenvalue weighted by Crippen LogP contribution is -2.36. The Morgan fingerprint density at radius 3 is 2.26 bits per heavy atom. The van der Waals surface area contributed by atoms with Crippen molar-refractivity contribution in [1.29, 1.82) is 0 Å².